The zero-order valence-corrected chi connectivity index (χ0v) is 22.4. The van der Waals surface area contributed by atoms with Crippen LogP contribution in [0.3, 0.4) is 0 Å². The number of benzene rings is 2. The number of nitrogens with zero attached hydrogens (tertiary/aromatic N) is 5. The van der Waals surface area contributed by atoms with E-state index in [-0.39, 0.29) is 30.6 Å². The van der Waals surface area contributed by atoms with Crippen LogP contribution in [-0.2, 0) is 24.2 Å². The van der Waals surface area contributed by atoms with E-state index in [0.29, 0.717) is 43.4 Å². The van der Waals surface area contributed by atoms with Crippen molar-refractivity contribution in [2.24, 2.45) is 5.92 Å². The molecule has 0 aliphatic carbocycles. The molecular formula is C29H30N6O3S. The van der Waals surface area contributed by atoms with Gasteiger partial charge >= 0.3 is 0 Å². The van der Waals surface area contributed by atoms with E-state index < -0.39 is 0 Å². The normalized spacial score (nSPS) is 15.9. The van der Waals surface area contributed by atoms with Crippen molar-refractivity contribution < 1.29 is 14.4 Å². The van der Waals surface area contributed by atoms with Crippen molar-refractivity contribution in [1.29, 1.82) is 0 Å². The van der Waals surface area contributed by atoms with E-state index in [1.807, 2.05) is 60.1 Å². The molecule has 2 saturated heterocycles. The maximum absolute atomic E-state index is 13.0. The van der Waals surface area contributed by atoms with Crippen LogP contribution in [0.5, 0.6) is 0 Å². The second-order valence-corrected chi connectivity index (χ2v) is 11.2. The van der Waals surface area contributed by atoms with Gasteiger partial charge in [-0.05, 0) is 48.8 Å². The molecule has 0 radical (unpaired) electrons. The van der Waals surface area contributed by atoms with Gasteiger partial charge in [0.15, 0.2) is 5.78 Å². The number of rotatable bonds is 8. The second-order valence-electron chi connectivity index (χ2n) is 10.2. The highest BCUT2D eigenvalue weighted by molar-refractivity contribution is 7.09. The van der Waals surface area contributed by atoms with E-state index in [4.69, 9.17) is 0 Å². The number of amides is 2. The molecule has 2 amide bonds. The van der Waals surface area contributed by atoms with Crippen LogP contribution in [0.15, 0.2) is 60.1 Å². The molecule has 4 heterocycles. The standard InChI is InChI=1S/C29H30N6O3S/c36-26(25-19-39-27(31-25)14-21-15-30-16-21)13-20-6-7-24-23(12-20)17-35(32-24)18-28(37)33-8-10-34(11-9-33)29(38)22-4-2-1-3-5-22/h1-7,12,17,19,21,30H,8-11,13-16,18H2. The fourth-order valence-electron chi connectivity index (χ4n) is 5.03. The number of piperazine rings is 1. The van der Waals surface area contributed by atoms with Gasteiger partial charge in [0.1, 0.15) is 12.2 Å². The van der Waals surface area contributed by atoms with Crippen molar-refractivity contribution in [3.8, 4) is 0 Å². The summed E-state index contributed by atoms with van der Waals surface area (Å²) in [5.74, 6) is 0.605. The Bertz CT molecular complexity index is 1500. The smallest absolute Gasteiger partial charge is 0.253 e. The number of nitrogens with one attached hydrogen (secondary N) is 1. The van der Waals surface area contributed by atoms with Crippen molar-refractivity contribution in [2.45, 2.75) is 19.4 Å². The summed E-state index contributed by atoms with van der Waals surface area (Å²) in [4.78, 5) is 46.6. The van der Waals surface area contributed by atoms with Crippen molar-refractivity contribution in [3.05, 3.63) is 81.9 Å². The van der Waals surface area contributed by atoms with Gasteiger partial charge in [-0.25, -0.2) is 4.98 Å². The molecule has 0 unspecified atom stereocenters. The number of fused-ring (bicyclic) bond motifs is 1. The van der Waals surface area contributed by atoms with Gasteiger partial charge in [0, 0.05) is 61.5 Å². The number of thiazole rings is 1. The minimum atomic E-state index is -0.0259. The Balaban J connectivity index is 1.03. The monoisotopic (exact) mass is 542 g/mol. The third kappa shape index (κ3) is 5.76. The van der Waals surface area contributed by atoms with Crippen LogP contribution < -0.4 is 5.32 Å². The Labute approximate surface area is 230 Å². The SMILES string of the molecule is O=C(Cc1ccc2nn(CC(=O)N3CCN(C(=O)c4ccccc4)CC3)cc2c1)c1csc(CC2CNC2)n1. The van der Waals surface area contributed by atoms with Crippen LogP contribution in [0.2, 0.25) is 0 Å². The molecule has 0 spiro atoms. The molecule has 2 fully saturated rings. The zero-order chi connectivity index (χ0) is 26.8. The largest absolute Gasteiger partial charge is 0.338 e. The lowest BCUT2D eigenvalue weighted by Gasteiger charge is -2.34. The Hall–Kier alpha value is -3.89. The van der Waals surface area contributed by atoms with E-state index in [2.05, 4.69) is 15.4 Å². The number of hydrogen-bond acceptors (Lipinski definition) is 7. The molecule has 0 atom stereocenters. The predicted molar refractivity (Wildman–Crippen MR) is 149 cm³/mol. The van der Waals surface area contributed by atoms with Gasteiger partial charge in [-0.15, -0.1) is 11.3 Å². The summed E-state index contributed by atoms with van der Waals surface area (Å²) in [5.41, 5.74) is 2.88. The predicted octanol–water partition coefficient (Wildman–Crippen LogP) is 2.66. The number of aromatic nitrogens is 3. The van der Waals surface area contributed by atoms with E-state index in [1.54, 1.807) is 25.8 Å². The maximum atomic E-state index is 13.0. The number of carbonyl (C=O) groups excluding carboxylic acids is 3. The first kappa shape index (κ1) is 25.4. The Morgan fingerprint density at radius 1 is 0.974 bits per heavy atom. The summed E-state index contributed by atoms with van der Waals surface area (Å²) in [5, 5.41) is 11.6. The van der Waals surface area contributed by atoms with Gasteiger partial charge < -0.3 is 15.1 Å². The molecule has 2 aromatic carbocycles. The highest BCUT2D eigenvalue weighted by Crippen LogP contribution is 2.20. The summed E-state index contributed by atoms with van der Waals surface area (Å²) in [6.45, 7) is 4.20. The molecule has 2 aliphatic rings. The Morgan fingerprint density at radius 2 is 1.74 bits per heavy atom. The molecule has 200 valence electrons. The molecule has 0 saturated carbocycles. The van der Waals surface area contributed by atoms with Gasteiger partial charge in [-0.3, -0.25) is 19.1 Å². The van der Waals surface area contributed by atoms with E-state index in [0.717, 1.165) is 41.0 Å². The van der Waals surface area contributed by atoms with Crippen molar-refractivity contribution in [2.75, 3.05) is 39.3 Å². The van der Waals surface area contributed by atoms with E-state index >= 15 is 0 Å². The minimum absolute atomic E-state index is 0.00301. The first-order chi connectivity index (χ1) is 19.0. The molecule has 10 heteroatoms. The molecule has 2 aliphatic heterocycles. The average molecular weight is 543 g/mol. The molecule has 2 aromatic heterocycles. The molecule has 0 bridgehead atoms. The lowest BCUT2D eigenvalue weighted by atomic mass is 10.00. The summed E-state index contributed by atoms with van der Waals surface area (Å²) in [6.07, 6.45) is 3.06. The molecule has 6 rings (SSSR count). The highest BCUT2D eigenvalue weighted by Gasteiger charge is 2.25. The van der Waals surface area contributed by atoms with Crippen LogP contribution in [0.25, 0.3) is 10.9 Å². The van der Waals surface area contributed by atoms with Gasteiger partial charge in [0.2, 0.25) is 5.91 Å². The Kier molecular flexibility index (Phi) is 7.21. The number of ketones is 1. The summed E-state index contributed by atoms with van der Waals surface area (Å²) in [6, 6.07) is 15.0. The van der Waals surface area contributed by atoms with Crippen LogP contribution in [0.4, 0.5) is 0 Å². The fraction of sp³-hybridized carbons (Fsp3) is 0.345. The van der Waals surface area contributed by atoms with Gasteiger partial charge in [-0.1, -0.05) is 24.3 Å². The van der Waals surface area contributed by atoms with Gasteiger partial charge in [0.05, 0.1) is 10.5 Å². The zero-order valence-electron chi connectivity index (χ0n) is 21.6. The molecule has 4 aromatic rings. The minimum Gasteiger partial charge on any atom is -0.338 e. The first-order valence-corrected chi connectivity index (χ1v) is 14.2. The second kappa shape index (κ2) is 11.1. The number of carbonyl (C=O) groups is 3. The third-order valence-corrected chi connectivity index (χ3v) is 8.26. The average Bonchev–Trinajstić information content (AvgIpc) is 3.57. The van der Waals surface area contributed by atoms with E-state index in [9.17, 15) is 14.4 Å². The van der Waals surface area contributed by atoms with Gasteiger partial charge in [0.25, 0.3) is 5.91 Å². The number of Topliss-reactive ketones (excluding diaryl/α,β-unsaturated/α-hetero) is 1. The van der Waals surface area contributed by atoms with E-state index in [1.165, 1.54) is 0 Å². The molecule has 1 N–H and O–H groups in total. The van der Waals surface area contributed by atoms with Crippen molar-refractivity contribution in [1.82, 2.24) is 29.9 Å². The highest BCUT2D eigenvalue weighted by atomic mass is 32.1. The van der Waals surface area contributed by atoms with Crippen LogP contribution in [-0.4, -0.2) is 81.4 Å². The summed E-state index contributed by atoms with van der Waals surface area (Å²) >= 11 is 1.56. The van der Waals surface area contributed by atoms with Crippen molar-refractivity contribution in [3.63, 3.8) is 0 Å². The van der Waals surface area contributed by atoms with Crippen molar-refractivity contribution >= 4 is 39.8 Å². The topological polar surface area (TPSA) is 100 Å². The Morgan fingerprint density at radius 3 is 2.49 bits per heavy atom. The maximum Gasteiger partial charge on any atom is 0.253 e. The number of hydrogen-bond donors (Lipinski definition) is 1. The summed E-state index contributed by atoms with van der Waals surface area (Å²) < 4.78 is 1.65. The molecular weight excluding hydrogens is 512 g/mol. The fourth-order valence-corrected chi connectivity index (χ4v) is 5.94. The lowest BCUT2D eigenvalue weighted by Crippen LogP contribution is -2.51. The van der Waals surface area contributed by atoms with Crippen LogP contribution in [0.1, 0.15) is 31.4 Å². The first-order valence-electron chi connectivity index (χ1n) is 13.3. The lowest BCUT2D eigenvalue weighted by molar-refractivity contribution is -0.133. The molecule has 39 heavy (non-hydrogen) atoms. The quantitative estimate of drug-likeness (QED) is 0.344. The summed E-state index contributed by atoms with van der Waals surface area (Å²) in [7, 11) is 0. The van der Waals surface area contributed by atoms with Crippen LogP contribution >= 0.6 is 11.3 Å². The third-order valence-electron chi connectivity index (χ3n) is 7.39. The molecule has 9 nitrogen and oxygen atoms in total. The van der Waals surface area contributed by atoms with Crippen LogP contribution in [0, 0.1) is 5.92 Å². The van der Waals surface area contributed by atoms with Gasteiger partial charge in [-0.2, -0.15) is 5.10 Å².